The lowest BCUT2D eigenvalue weighted by Gasteiger charge is -2.19. The first-order valence-corrected chi connectivity index (χ1v) is 5.59. The molecule has 1 aliphatic rings. The van der Waals surface area contributed by atoms with Crippen molar-refractivity contribution in [2.75, 3.05) is 24.6 Å². The van der Waals surface area contributed by atoms with E-state index in [1.807, 2.05) is 11.0 Å². The Morgan fingerprint density at radius 3 is 2.88 bits per heavy atom. The number of nitrogens with two attached hydrogens (primary N) is 1. The predicted molar refractivity (Wildman–Crippen MR) is 61.7 cm³/mol. The Balaban J connectivity index is 2.15. The van der Waals surface area contributed by atoms with Gasteiger partial charge < -0.3 is 15.7 Å². The zero-order valence-corrected chi connectivity index (χ0v) is 9.19. The molecule has 0 aliphatic carbocycles. The highest BCUT2D eigenvalue weighted by Crippen LogP contribution is 2.26. The second-order valence-electron chi connectivity index (χ2n) is 4.27. The van der Waals surface area contributed by atoms with Gasteiger partial charge in [-0.2, -0.15) is 0 Å². The summed E-state index contributed by atoms with van der Waals surface area (Å²) < 4.78 is 13.8. The first kappa shape index (κ1) is 11.4. The van der Waals surface area contributed by atoms with Gasteiger partial charge in [0.05, 0.1) is 5.69 Å². The van der Waals surface area contributed by atoms with Crippen molar-refractivity contribution in [3.05, 3.63) is 29.6 Å². The van der Waals surface area contributed by atoms with Gasteiger partial charge in [-0.1, -0.05) is 6.07 Å². The standard InChI is InChI=1S/C12H17FN2O/c13-11-5-9(6-14)1-2-12(11)15-4-3-10(7-15)8-16/h1-2,5,10,16H,3-4,6-8,14H2. The Labute approximate surface area is 94.7 Å². The summed E-state index contributed by atoms with van der Waals surface area (Å²) in [7, 11) is 0. The molecule has 1 heterocycles. The third kappa shape index (κ3) is 2.18. The van der Waals surface area contributed by atoms with Gasteiger partial charge in [-0.25, -0.2) is 4.39 Å². The first-order chi connectivity index (χ1) is 7.74. The summed E-state index contributed by atoms with van der Waals surface area (Å²) in [6.45, 7) is 2.08. The molecule has 3 N–H and O–H groups in total. The molecule has 0 amide bonds. The highest BCUT2D eigenvalue weighted by molar-refractivity contribution is 5.50. The van der Waals surface area contributed by atoms with Gasteiger partial charge in [0.25, 0.3) is 0 Å². The third-order valence-corrected chi connectivity index (χ3v) is 3.13. The van der Waals surface area contributed by atoms with Crippen LogP contribution >= 0.6 is 0 Å². The smallest absolute Gasteiger partial charge is 0.146 e. The lowest BCUT2D eigenvalue weighted by atomic mass is 10.1. The van der Waals surface area contributed by atoms with Crippen molar-refractivity contribution in [3.63, 3.8) is 0 Å². The molecule has 1 unspecified atom stereocenters. The highest BCUT2D eigenvalue weighted by atomic mass is 19.1. The van der Waals surface area contributed by atoms with E-state index in [1.165, 1.54) is 6.07 Å². The molecule has 0 saturated carbocycles. The summed E-state index contributed by atoms with van der Waals surface area (Å²) in [4.78, 5) is 1.98. The first-order valence-electron chi connectivity index (χ1n) is 5.59. The molecular formula is C12H17FN2O. The number of aliphatic hydroxyl groups excluding tert-OH is 1. The van der Waals surface area contributed by atoms with Crippen LogP contribution in [0.15, 0.2) is 18.2 Å². The van der Waals surface area contributed by atoms with Crippen molar-refractivity contribution in [2.24, 2.45) is 11.7 Å². The Bertz CT molecular complexity index is 370. The van der Waals surface area contributed by atoms with E-state index >= 15 is 0 Å². The second-order valence-corrected chi connectivity index (χ2v) is 4.27. The summed E-state index contributed by atoms with van der Waals surface area (Å²) in [6.07, 6.45) is 0.925. The van der Waals surface area contributed by atoms with Crippen molar-refractivity contribution in [2.45, 2.75) is 13.0 Å². The molecule has 16 heavy (non-hydrogen) atoms. The highest BCUT2D eigenvalue weighted by Gasteiger charge is 2.23. The Hall–Kier alpha value is -1.13. The fourth-order valence-electron chi connectivity index (χ4n) is 2.13. The van der Waals surface area contributed by atoms with Crippen LogP contribution in [0.2, 0.25) is 0 Å². The minimum absolute atomic E-state index is 0.180. The van der Waals surface area contributed by atoms with Gasteiger partial charge in [0, 0.05) is 32.2 Å². The van der Waals surface area contributed by atoms with Gasteiger partial charge in [0.15, 0.2) is 0 Å². The maximum atomic E-state index is 13.8. The molecular weight excluding hydrogens is 207 g/mol. The third-order valence-electron chi connectivity index (χ3n) is 3.13. The van der Waals surface area contributed by atoms with Crippen molar-refractivity contribution in [1.29, 1.82) is 0 Å². The molecule has 3 nitrogen and oxygen atoms in total. The number of anilines is 1. The monoisotopic (exact) mass is 224 g/mol. The van der Waals surface area contributed by atoms with E-state index in [0.717, 1.165) is 25.1 Å². The number of hydrogen-bond donors (Lipinski definition) is 2. The van der Waals surface area contributed by atoms with Crippen LogP contribution in [0, 0.1) is 11.7 Å². The van der Waals surface area contributed by atoms with Crippen LogP contribution in [0.1, 0.15) is 12.0 Å². The SMILES string of the molecule is NCc1ccc(N2CCC(CO)C2)c(F)c1. The molecule has 1 aromatic rings. The van der Waals surface area contributed by atoms with Gasteiger partial charge in [0.2, 0.25) is 0 Å². The van der Waals surface area contributed by atoms with Crippen LogP contribution < -0.4 is 10.6 Å². The molecule has 1 saturated heterocycles. The number of benzene rings is 1. The van der Waals surface area contributed by atoms with Crippen LogP contribution in [0.5, 0.6) is 0 Å². The molecule has 1 atom stereocenters. The number of rotatable bonds is 3. The van der Waals surface area contributed by atoms with E-state index in [0.29, 0.717) is 12.2 Å². The molecule has 1 aliphatic heterocycles. The van der Waals surface area contributed by atoms with Crippen LogP contribution in [0.25, 0.3) is 0 Å². The largest absolute Gasteiger partial charge is 0.396 e. The van der Waals surface area contributed by atoms with Gasteiger partial charge in [-0.3, -0.25) is 0 Å². The number of hydrogen-bond acceptors (Lipinski definition) is 3. The molecule has 0 spiro atoms. The zero-order chi connectivity index (χ0) is 11.5. The number of aliphatic hydroxyl groups is 1. The Morgan fingerprint density at radius 1 is 1.50 bits per heavy atom. The molecule has 0 radical (unpaired) electrons. The van der Waals surface area contributed by atoms with Crippen LogP contribution in [0.4, 0.5) is 10.1 Å². The van der Waals surface area contributed by atoms with Gasteiger partial charge in [0.1, 0.15) is 5.82 Å². The minimum Gasteiger partial charge on any atom is -0.396 e. The Kier molecular flexibility index (Phi) is 3.41. The maximum Gasteiger partial charge on any atom is 0.146 e. The summed E-state index contributed by atoms with van der Waals surface area (Å²) >= 11 is 0. The van der Waals surface area contributed by atoms with Crippen LogP contribution in [-0.2, 0) is 6.54 Å². The molecule has 1 fully saturated rings. The van der Waals surface area contributed by atoms with E-state index in [4.69, 9.17) is 10.8 Å². The lowest BCUT2D eigenvalue weighted by molar-refractivity contribution is 0.238. The van der Waals surface area contributed by atoms with Crippen molar-refractivity contribution in [1.82, 2.24) is 0 Å². The van der Waals surface area contributed by atoms with Crippen molar-refractivity contribution < 1.29 is 9.50 Å². The Morgan fingerprint density at radius 2 is 2.31 bits per heavy atom. The minimum atomic E-state index is -0.221. The van der Waals surface area contributed by atoms with Gasteiger partial charge >= 0.3 is 0 Å². The van der Waals surface area contributed by atoms with Crippen molar-refractivity contribution >= 4 is 5.69 Å². The lowest BCUT2D eigenvalue weighted by Crippen LogP contribution is -2.21. The molecule has 2 rings (SSSR count). The number of halogens is 1. The van der Waals surface area contributed by atoms with E-state index in [1.54, 1.807) is 6.07 Å². The number of nitrogens with zero attached hydrogens (tertiary/aromatic N) is 1. The molecule has 0 aromatic heterocycles. The summed E-state index contributed by atoms with van der Waals surface area (Å²) in [5.74, 6) is 0.0510. The van der Waals surface area contributed by atoms with E-state index in [-0.39, 0.29) is 18.3 Å². The normalized spacial score (nSPS) is 20.4. The molecule has 4 heteroatoms. The molecule has 88 valence electrons. The predicted octanol–water partition coefficient (Wildman–Crippen LogP) is 1.10. The van der Waals surface area contributed by atoms with E-state index in [9.17, 15) is 4.39 Å². The van der Waals surface area contributed by atoms with E-state index in [2.05, 4.69) is 0 Å². The zero-order valence-electron chi connectivity index (χ0n) is 9.19. The summed E-state index contributed by atoms with van der Waals surface area (Å²) in [6, 6.07) is 5.11. The van der Waals surface area contributed by atoms with E-state index < -0.39 is 0 Å². The average molecular weight is 224 g/mol. The fraction of sp³-hybridized carbons (Fsp3) is 0.500. The maximum absolute atomic E-state index is 13.8. The average Bonchev–Trinajstić information content (AvgIpc) is 2.77. The van der Waals surface area contributed by atoms with Gasteiger partial charge in [-0.15, -0.1) is 0 Å². The molecule has 0 bridgehead atoms. The molecule has 1 aromatic carbocycles. The second kappa shape index (κ2) is 4.80. The van der Waals surface area contributed by atoms with Gasteiger partial charge in [-0.05, 0) is 24.1 Å². The van der Waals surface area contributed by atoms with Crippen molar-refractivity contribution in [3.8, 4) is 0 Å². The summed E-state index contributed by atoms with van der Waals surface area (Å²) in [5.41, 5.74) is 6.88. The summed E-state index contributed by atoms with van der Waals surface area (Å²) in [5, 5.41) is 9.05. The fourth-order valence-corrected chi connectivity index (χ4v) is 2.13. The quantitative estimate of drug-likeness (QED) is 0.808. The van der Waals surface area contributed by atoms with Crippen LogP contribution in [-0.4, -0.2) is 24.8 Å². The van der Waals surface area contributed by atoms with Crippen LogP contribution in [0.3, 0.4) is 0 Å². The topological polar surface area (TPSA) is 49.5 Å².